The Kier molecular flexibility index (Phi) is 4.06. The first-order chi connectivity index (χ1) is 10.6. The summed E-state index contributed by atoms with van der Waals surface area (Å²) in [5.41, 5.74) is 2.84. The molecule has 3 aromatic rings. The van der Waals surface area contributed by atoms with Crippen molar-refractivity contribution in [1.82, 2.24) is 15.1 Å². The molecule has 3 rings (SSSR count). The molecule has 0 saturated heterocycles. The Morgan fingerprint density at radius 1 is 1.27 bits per heavy atom. The van der Waals surface area contributed by atoms with Gasteiger partial charge in [0.15, 0.2) is 0 Å². The average Bonchev–Trinajstić information content (AvgIpc) is 3.17. The predicted octanol–water partition coefficient (Wildman–Crippen LogP) is 3.31. The maximum absolute atomic E-state index is 12.4. The van der Waals surface area contributed by atoms with Crippen LogP contribution in [0.25, 0.3) is 0 Å². The molecule has 2 aromatic heterocycles. The second-order valence-corrected chi connectivity index (χ2v) is 6.21. The second kappa shape index (κ2) is 6.15. The Balaban J connectivity index is 1.89. The van der Waals surface area contributed by atoms with Crippen LogP contribution < -0.4 is 5.32 Å². The summed E-state index contributed by atoms with van der Waals surface area (Å²) in [6.45, 7) is 2.05. The highest BCUT2D eigenvalue weighted by molar-refractivity contribution is 7.10. The molecule has 1 atom stereocenters. The lowest BCUT2D eigenvalue weighted by atomic mass is 10.0. The maximum Gasteiger partial charge on any atom is 0.255 e. The van der Waals surface area contributed by atoms with Gasteiger partial charge >= 0.3 is 0 Å². The highest BCUT2D eigenvalue weighted by Crippen LogP contribution is 2.26. The Morgan fingerprint density at radius 2 is 2.05 bits per heavy atom. The lowest BCUT2D eigenvalue weighted by Gasteiger charge is -2.18. The number of aromatic nitrogens is 2. The molecule has 1 amide bonds. The highest BCUT2D eigenvalue weighted by Gasteiger charge is 2.19. The third kappa shape index (κ3) is 3.09. The van der Waals surface area contributed by atoms with E-state index >= 15 is 0 Å². The molecular formula is C17H17N3OS. The van der Waals surface area contributed by atoms with E-state index in [1.165, 1.54) is 5.56 Å². The Morgan fingerprint density at radius 3 is 2.64 bits per heavy atom. The van der Waals surface area contributed by atoms with E-state index in [0.29, 0.717) is 5.56 Å². The third-order valence-corrected chi connectivity index (χ3v) is 4.42. The molecule has 0 aliphatic carbocycles. The third-order valence-electron chi connectivity index (χ3n) is 3.48. The van der Waals surface area contributed by atoms with E-state index in [2.05, 4.69) is 41.6 Å². The molecule has 0 aliphatic rings. The van der Waals surface area contributed by atoms with Crippen LogP contribution in [0.1, 0.15) is 32.4 Å². The number of carbonyl (C=O) groups excluding carboxylic acids is 1. The van der Waals surface area contributed by atoms with Gasteiger partial charge in [-0.3, -0.25) is 9.48 Å². The molecule has 0 bridgehead atoms. The van der Waals surface area contributed by atoms with E-state index in [-0.39, 0.29) is 11.9 Å². The van der Waals surface area contributed by atoms with Crippen molar-refractivity contribution in [3.8, 4) is 0 Å². The van der Waals surface area contributed by atoms with Gasteiger partial charge in [-0.2, -0.15) is 5.10 Å². The van der Waals surface area contributed by atoms with Crippen LogP contribution in [0.15, 0.2) is 54.2 Å². The Bertz CT molecular complexity index is 760. The average molecular weight is 311 g/mol. The van der Waals surface area contributed by atoms with Crippen LogP contribution in [-0.2, 0) is 7.05 Å². The van der Waals surface area contributed by atoms with Gasteiger partial charge in [0, 0.05) is 18.1 Å². The smallest absolute Gasteiger partial charge is 0.255 e. The fourth-order valence-electron chi connectivity index (χ4n) is 2.29. The number of thiophene rings is 1. The largest absolute Gasteiger partial charge is 0.340 e. The van der Waals surface area contributed by atoms with Crippen LogP contribution in [0.5, 0.6) is 0 Å². The van der Waals surface area contributed by atoms with Crippen LogP contribution in [0, 0.1) is 6.92 Å². The monoisotopic (exact) mass is 311 g/mol. The van der Waals surface area contributed by atoms with E-state index < -0.39 is 0 Å². The van der Waals surface area contributed by atoms with Gasteiger partial charge in [-0.15, -0.1) is 11.3 Å². The van der Waals surface area contributed by atoms with Gasteiger partial charge in [0.25, 0.3) is 5.91 Å². The zero-order valence-electron chi connectivity index (χ0n) is 12.5. The molecular weight excluding hydrogens is 294 g/mol. The fourth-order valence-corrected chi connectivity index (χ4v) is 3.09. The number of nitrogens with zero attached hydrogens (tertiary/aromatic N) is 2. The molecule has 22 heavy (non-hydrogen) atoms. The SMILES string of the molecule is Cc1ccc([C@H](NC(=O)c2cnn(C)c2)c2cccs2)cc1. The summed E-state index contributed by atoms with van der Waals surface area (Å²) in [6.07, 6.45) is 3.30. The van der Waals surface area contributed by atoms with Crippen molar-refractivity contribution in [3.05, 3.63) is 75.7 Å². The minimum atomic E-state index is -0.145. The number of hydrogen-bond acceptors (Lipinski definition) is 3. The molecule has 1 aromatic carbocycles. The van der Waals surface area contributed by atoms with Crippen molar-refractivity contribution >= 4 is 17.2 Å². The molecule has 2 heterocycles. The van der Waals surface area contributed by atoms with Crippen molar-refractivity contribution < 1.29 is 4.79 Å². The van der Waals surface area contributed by atoms with E-state index in [4.69, 9.17) is 0 Å². The van der Waals surface area contributed by atoms with Gasteiger partial charge in [-0.05, 0) is 23.9 Å². The molecule has 0 unspecified atom stereocenters. The van der Waals surface area contributed by atoms with Crippen molar-refractivity contribution in [2.75, 3.05) is 0 Å². The van der Waals surface area contributed by atoms with Crippen LogP contribution in [0.3, 0.4) is 0 Å². The molecule has 0 fully saturated rings. The first-order valence-electron chi connectivity index (χ1n) is 7.03. The molecule has 5 heteroatoms. The summed E-state index contributed by atoms with van der Waals surface area (Å²) in [5, 5.41) is 9.17. The van der Waals surface area contributed by atoms with E-state index in [1.807, 2.05) is 17.5 Å². The number of nitrogens with one attached hydrogen (secondary N) is 1. The zero-order valence-corrected chi connectivity index (χ0v) is 13.3. The summed E-state index contributed by atoms with van der Waals surface area (Å²) < 4.78 is 1.63. The van der Waals surface area contributed by atoms with Crippen molar-refractivity contribution in [2.45, 2.75) is 13.0 Å². The first-order valence-corrected chi connectivity index (χ1v) is 7.91. The molecule has 112 valence electrons. The second-order valence-electron chi connectivity index (χ2n) is 5.24. The Labute approximate surface area is 133 Å². The van der Waals surface area contributed by atoms with Crippen LogP contribution >= 0.6 is 11.3 Å². The number of aryl methyl sites for hydroxylation is 2. The predicted molar refractivity (Wildman–Crippen MR) is 88.0 cm³/mol. The summed E-state index contributed by atoms with van der Waals surface area (Å²) in [5.74, 6) is -0.118. The van der Waals surface area contributed by atoms with Gasteiger partial charge in [0.2, 0.25) is 0 Å². The van der Waals surface area contributed by atoms with Gasteiger partial charge < -0.3 is 5.32 Å². The number of benzene rings is 1. The standard InChI is InChI=1S/C17H17N3OS/c1-12-5-7-13(8-6-12)16(15-4-3-9-22-15)19-17(21)14-10-18-20(2)11-14/h3-11,16H,1-2H3,(H,19,21)/t16-/m0/s1. The van der Waals surface area contributed by atoms with Crippen molar-refractivity contribution in [2.24, 2.45) is 7.05 Å². The molecule has 0 aliphatic heterocycles. The topological polar surface area (TPSA) is 46.9 Å². The Hall–Kier alpha value is -2.40. The number of carbonyl (C=O) groups is 1. The van der Waals surface area contributed by atoms with Crippen molar-refractivity contribution in [3.63, 3.8) is 0 Å². The summed E-state index contributed by atoms with van der Waals surface area (Å²) in [4.78, 5) is 13.6. The van der Waals surface area contributed by atoms with E-state index in [1.54, 1.807) is 35.5 Å². The van der Waals surface area contributed by atoms with Gasteiger partial charge in [0.1, 0.15) is 0 Å². The van der Waals surface area contributed by atoms with Crippen LogP contribution in [0.2, 0.25) is 0 Å². The quantitative estimate of drug-likeness (QED) is 0.803. The van der Waals surface area contributed by atoms with Crippen LogP contribution in [0.4, 0.5) is 0 Å². The molecule has 1 N–H and O–H groups in total. The lowest BCUT2D eigenvalue weighted by molar-refractivity contribution is 0.0943. The summed E-state index contributed by atoms with van der Waals surface area (Å²) in [7, 11) is 1.80. The molecule has 0 spiro atoms. The fraction of sp³-hybridized carbons (Fsp3) is 0.176. The first kappa shape index (κ1) is 14.5. The normalized spacial score (nSPS) is 12.1. The van der Waals surface area contributed by atoms with Crippen LogP contribution in [-0.4, -0.2) is 15.7 Å². The number of amides is 1. The molecule has 0 radical (unpaired) electrons. The summed E-state index contributed by atoms with van der Waals surface area (Å²) in [6, 6.07) is 12.1. The number of hydrogen-bond donors (Lipinski definition) is 1. The summed E-state index contributed by atoms with van der Waals surface area (Å²) >= 11 is 1.64. The molecule has 0 saturated carbocycles. The van der Waals surface area contributed by atoms with Gasteiger partial charge in [0.05, 0.1) is 17.8 Å². The lowest BCUT2D eigenvalue weighted by Crippen LogP contribution is -2.28. The number of rotatable bonds is 4. The van der Waals surface area contributed by atoms with Gasteiger partial charge in [-0.1, -0.05) is 35.9 Å². The van der Waals surface area contributed by atoms with E-state index in [0.717, 1.165) is 10.4 Å². The van der Waals surface area contributed by atoms with E-state index in [9.17, 15) is 4.79 Å². The van der Waals surface area contributed by atoms with Crippen molar-refractivity contribution in [1.29, 1.82) is 0 Å². The molecule has 4 nitrogen and oxygen atoms in total. The minimum absolute atomic E-state index is 0.118. The van der Waals surface area contributed by atoms with Gasteiger partial charge in [-0.25, -0.2) is 0 Å². The zero-order chi connectivity index (χ0) is 15.5. The maximum atomic E-state index is 12.4. The minimum Gasteiger partial charge on any atom is -0.340 e. The highest BCUT2D eigenvalue weighted by atomic mass is 32.1.